The predicted octanol–water partition coefficient (Wildman–Crippen LogP) is 5.60. The van der Waals surface area contributed by atoms with Crippen molar-refractivity contribution in [3.63, 3.8) is 0 Å². The summed E-state index contributed by atoms with van der Waals surface area (Å²) in [6, 6.07) is 11.9. The Morgan fingerprint density at radius 3 is 2.69 bits per heavy atom. The lowest BCUT2D eigenvalue weighted by molar-refractivity contribution is 0.624. The van der Waals surface area contributed by atoms with Gasteiger partial charge >= 0.3 is 0 Å². The third-order valence-electron chi connectivity index (χ3n) is 3.65. The van der Waals surface area contributed by atoms with Crippen LogP contribution in [0.15, 0.2) is 53.1 Å². The van der Waals surface area contributed by atoms with E-state index in [1.54, 1.807) is 16.8 Å². The van der Waals surface area contributed by atoms with Crippen LogP contribution < -0.4 is 10.6 Å². The molecule has 3 aromatic rings. The van der Waals surface area contributed by atoms with Crippen molar-refractivity contribution in [2.75, 3.05) is 10.6 Å². The highest BCUT2D eigenvalue weighted by Crippen LogP contribution is 2.23. The summed E-state index contributed by atoms with van der Waals surface area (Å²) in [5.74, 6) is 0.328. The average Bonchev–Trinajstić information content (AvgIpc) is 2.92. The minimum absolute atomic E-state index is 0.259. The zero-order chi connectivity index (χ0) is 18.7. The van der Waals surface area contributed by atoms with E-state index in [0.29, 0.717) is 22.5 Å². The van der Waals surface area contributed by atoms with Gasteiger partial charge in [0.25, 0.3) is 0 Å². The van der Waals surface area contributed by atoms with Crippen LogP contribution in [0.5, 0.6) is 0 Å². The molecule has 0 unspecified atom stereocenters. The van der Waals surface area contributed by atoms with Crippen LogP contribution in [0.2, 0.25) is 5.02 Å². The van der Waals surface area contributed by atoms with E-state index in [-0.39, 0.29) is 5.82 Å². The van der Waals surface area contributed by atoms with Crippen LogP contribution in [0.4, 0.5) is 15.9 Å². The van der Waals surface area contributed by atoms with Crippen LogP contribution in [0.25, 0.3) is 0 Å². The Bertz CT molecular complexity index is 943. The third kappa shape index (κ3) is 4.81. The summed E-state index contributed by atoms with van der Waals surface area (Å²) in [5, 5.41) is 11.7. The summed E-state index contributed by atoms with van der Waals surface area (Å²) in [4.78, 5) is 0. The zero-order valence-corrected chi connectivity index (χ0v) is 16.9. The van der Waals surface area contributed by atoms with E-state index >= 15 is 0 Å². The molecule has 134 valence electrons. The fraction of sp³-hybridized carbons (Fsp3) is 0.111. The topological polar surface area (TPSA) is 41.9 Å². The Balaban J connectivity index is 1.68. The molecule has 0 amide bonds. The molecule has 0 fully saturated rings. The van der Waals surface area contributed by atoms with Gasteiger partial charge in [0.05, 0.1) is 11.0 Å². The number of aryl methyl sites for hydroxylation is 1. The molecule has 26 heavy (non-hydrogen) atoms. The maximum Gasteiger partial charge on any atom is 0.176 e. The molecule has 0 spiro atoms. The first-order valence-electron chi connectivity index (χ1n) is 7.72. The fourth-order valence-corrected chi connectivity index (χ4v) is 3.12. The van der Waals surface area contributed by atoms with Crippen molar-refractivity contribution in [1.29, 1.82) is 0 Å². The number of anilines is 2. The molecule has 2 N–H and O–H groups in total. The smallest absolute Gasteiger partial charge is 0.176 e. The van der Waals surface area contributed by atoms with Gasteiger partial charge in [-0.05, 0) is 70.5 Å². The van der Waals surface area contributed by atoms with Crippen LogP contribution >= 0.6 is 39.7 Å². The van der Waals surface area contributed by atoms with Crippen molar-refractivity contribution in [1.82, 2.24) is 9.78 Å². The van der Waals surface area contributed by atoms with E-state index in [2.05, 4.69) is 31.7 Å². The molecule has 0 aliphatic heterocycles. The van der Waals surface area contributed by atoms with Crippen LogP contribution in [-0.2, 0) is 6.54 Å². The summed E-state index contributed by atoms with van der Waals surface area (Å²) in [5.41, 5.74) is 2.81. The van der Waals surface area contributed by atoms with Gasteiger partial charge in [0, 0.05) is 16.9 Å². The van der Waals surface area contributed by atoms with E-state index in [1.807, 2.05) is 31.3 Å². The molecule has 0 saturated carbocycles. The van der Waals surface area contributed by atoms with Gasteiger partial charge < -0.3 is 10.6 Å². The zero-order valence-electron chi connectivity index (χ0n) is 13.8. The Hall–Kier alpha value is -1.96. The van der Waals surface area contributed by atoms with Crippen LogP contribution in [0, 0.1) is 12.7 Å². The van der Waals surface area contributed by atoms with E-state index in [9.17, 15) is 4.39 Å². The second kappa shape index (κ2) is 8.16. The summed E-state index contributed by atoms with van der Waals surface area (Å²) in [6.45, 7) is 2.49. The van der Waals surface area contributed by atoms with E-state index in [1.165, 1.54) is 12.1 Å². The molecule has 8 heteroatoms. The molecule has 3 rings (SSSR count). The fourth-order valence-electron chi connectivity index (χ4n) is 2.33. The van der Waals surface area contributed by atoms with Gasteiger partial charge in [-0.25, -0.2) is 4.39 Å². The first-order chi connectivity index (χ1) is 12.4. The van der Waals surface area contributed by atoms with Gasteiger partial charge in [-0.15, -0.1) is 0 Å². The molecule has 1 heterocycles. The Morgan fingerprint density at radius 2 is 1.96 bits per heavy atom. The molecule has 0 radical (unpaired) electrons. The van der Waals surface area contributed by atoms with Crippen molar-refractivity contribution >= 4 is 56.4 Å². The Kier molecular flexibility index (Phi) is 5.90. The lowest BCUT2D eigenvalue weighted by Gasteiger charge is -2.11. The van der Waals surface area contributed by atoms with E-state index < -0.39 is 0 Å². The molecule has 0 saturated heterocycles. The SMILES string of the molecule is Cc1ccc(Cl)cc1NC(=S)Nc1nn(Cc2ccc(F)cc2)cc1Br. The number of benzene rings is 2. The minimum atomic E-state index is -0.259. The number of hydrogen-bond acceptors (Lipinski definition) is 2. The molecule has 0 aliphatic rings. The van der Waals surface area contributed by atoms with Gasteiger partial charge in [-0.2, -0.15) is 5.10 Å². The second-order valence-corrected chi connectivity index (χ2v) is 7.39. The molecule has 0 aliphatic carbocycles. The number of aromatic nitrogens is 2. The Labute approximate surface area is 169 Å². The number of halogens is 3. The van der Waals surface area contributed by atoms with Crippen molar-refractivity contribution < 1.29 is 4.39 Å². The maximum atomic E-state index is 13.0. The van der Waals surface area contributed by atoms with E-state index in [4.69, 9.17) is 23.8 Å². The van der Waals surface area contributed by atoms with Gasteiger partial charge in [-0.1, -0.05) is 29.8 Å². The number of rotatable bonds is 4. The first kappa shape index (κ1) is 18.8. The van der Waals surface area contributed by atoms with Crippen molar-refractivity contribution in [3.05, 3.63) is 75.1 Å². The average molecular weight is 454 g/mol. The highest BCUT2D eigenvalue weighted by atomic mass is 79.9. The van der Waals surface area contributed by atoms with E-state index in [0.717, 1.165) is 21.3 Å². The lowest BCUT2D eigenvalue weighted by Crippen LogP contribution is -2.20. The molecule has 2 aromatic carbocycles. The summed E-state index contributed by atoms with van der Waals surface area (Å²) >= 11 is 14.9. The number of nitrogens with one attached hydrogen (secondary N) is 2. The van der Waals surface area contributed by atoms with Gasteiger partial charge in [0.1, 0.15) is 5.82 Å². The van der Waals surface area contributed by atoms with Crippen LogP contribution in [0.1, 0.15) is 11.1 Å². The summed E-state index contributed by atoms with van der Waals surface area (Å²) in [6.07, 6.45) is 1.83. The van der Waals surface area contributed by atoms with Gasteiger partial charge in [-0.3, -0.25) is 4.68 Å². The highest BCUT2D eigenvalue weighted by Gasteiger charge is 2.10. The first-order valence-corrected chi connectivity index (χ1v) is 9.30. The van der Waals surface area contributed by atoms with Gasteiger partial charge in [0.15, 0.2) is 10.9 Å². The lowest BCUT2D eigenvalue weighted by atomic mass is 10.2. The molecule has 0 bridgehead atoms. The molecule has 1 aromatic heterocycles. The predicted molar refractivity (Wildman–Crippen MR) is 111 cm³/mol. The van der Waals surface area contributed by atoms with Gasteiger partial charge in [0.2, 0.25) is 0 Å². The molecular weight excluding hydrogens is 439 g/mol. The maximum absolute atomic E-state index is 13.0. The standard InChI is InChI=1S/C18H15BrClFN4S/c1-11-2-5-13(20)8-16(11)22-18(26)23-17-15(19)10-25(24-17)9-12-3-6-14(21)7-4-12/h2-8,10H,9H2,1H3,(H2,22,23,24,26). The molecule has 0 atom stereocenters. The van der Waals surface area contributed by atoms with Crippen LogP contribution in [-0.4, -0.2) is 14.9 Å². The largest absolute Gasteiger partial charge is 0.332 e. The third-order valence-corrected chi connectivity index (χ3v) is 4.67. The van der Waals surface area contributed by atoms with Crippen molar-refractivity contribution in [2.24, 2.45) is 0 Å². The van der Waals surface area contributed by atoms with Crippen molar-refractivity contribution in [3.8, 4) is 0 Å². The second-order valence-electron chi connectivity index (χ2n) is 5.69. The minimum Gasteiger partial charge on any atom is -0.332 e. The molecular formula is C18H15BrClFN4S. The number of thiocarbonyl (C=S) groups is 1. The highest BCUT2D eigenvalue weighted by molar-refractivity contribution is 9.10. The number of nitrogens with zero attached hydrogens (tertiary/aromatic N) is 2. The summed E-state index contributed by atoms with van der Waals surface area (Å²) in [7, 11) is 0. The van der Waals surface area contributed by atoms with Crippen LogP contribution in [0.3, 0.4) is 0 Å². The van der Waals surface area contributed by atoms with Crippen molar-refractivity contribution in [2.45, 2.75) is 13.5 Å². The quantitative estimate of drug-likeness (QED) is 0.504. The Morgan fingerprint density at radius 1 is 1.23 bits per heavy atom. The summed E-state index contributed by atoms with van der Waals surface area (Å²) < 4.78 is 15.5. The normalized spacial score (nSPS) is 10.6. The number of hydrogen-bond donors (Lipinski definition) is 2. The monoisotopic (exact) mass is 452 g/mol. The molecule has 4 nitrogen and oxygen atoms in total.